The second-order valence-corrected chi connectivity index (χ2v) is 6.68. The predicted molar refractivity (Wildman–Crippen MR) is 112 cm³/mol. The van der Waals surface area contributed by atoms with Gasteiger partial charge in [-0.3, -0.25) is 14.4 Å². The maximum Gasteiger partial charge on any atom is 0.306 e. The van der Waals surface area contributed by atoms with E-state index in [1.807, 2.05) is 6.92 Å². The summed E-state index contributed by atoms with van der Waals surface area (Å²) >= 11 is 11.8. The first kappa shape index (κ1) is 22.5. The SMILES string of the molecule is CCOc1ccc(NC(=O)COC(=O)CCC(=O)Nc2cc(Cl)ccc2Cl)cc1. The van der Waals surface area contributed by atoms with E-state index in [0.717, 1.165) is 0 Å². The lowest BCUT2D eigenvalue weighted by molar-refractivity contribution is -0.147. The van der Waals surface area contributed by atoms with Crippen molar-refractivity contribution in [1.29, 1.82) is 0 Å². The van der Waals surface area contributed by atoms with Gasteiger partial charge in [0.1, 0.15) is 5.75 Å². The second-order valence-electron chi connectivity index (χ2n) is 5.84. The van der Waals surface area contributed by atoms with Crippen LogP contribution >= 0.6 is 23.2 Å². The molecular weight excluding hydrogens is 419 g/mol. The van der Waals surface area contributed by atoms with E-state index in [2.05, 4.69) is 10.6 Å². The largest absolute Gasteiger partial charge is 0.494 e. The van der Waals surface area contributed by atoms with Gasteiger partial charge in [-0.15, -0.1) is 0 Å². The molecular formula is C20H20Cl2N2O5. The molecule has 29 heavy (non-hydrogen) atoms. The number of carbonyl (C=O) groups is 3. The number of amides is 2. The molecule has 2 aromatic rings. The van der Waals surface area contributed by atoms with Crippen molar-refractivity contribution >= 4 is 52.4 Å². The Morgan fingerprint density at radius 2 is 1.66 bits per heavy atom. The molecule has 2 rings (SSSR count). The van der Waals surface area contributed by atoms with Crippen LogP contribution in [0.25, 0.3) is 0 Å². The standard InChI is InChI=1S/C20H20Cl2N2O5/c1-2-28-15-6-4-14(5-7-15)23-19(26)12-29-20(27)10-9-18(25)24-17-11-13(21)3-8-16(17)22/h3-8,11H,2,9-10,12H2,1H3,(H,23,26)(H,24,25). The number of anilines is 2. The maximum atomic E-state index is 11.9. The van der Waals surface area contributed by atoms with E-state index < -0.39 is 24.4 Å². The highest BCUT2D eigenvalue weighted by atomic mass is 35.5. The number of hydrogen-bond acceptors (Lipinski definition) is 5. The lowest BCUT2D eigenvalue weighted by atomic mass is 10.2. The normalized spacial score (nSPS) is 10.2. The van der Waals surface area contributed by atoms with Crippen molar-refractivity contribution in [3.8, 4) is 5.75 Å². The smallest absolute Gasteiger partial charge is 0.306 e. The van der Waals surface area contributed by atoms with Gasteiger partial charge in [0.05, 0.1) is 23.7 Å². The zero-order chi connectivity index (χ0) is 21.2. The molecule has 9 heteroatoms. The van der Waals surface area contributed by atoms with Crippen molar-refractivity contribution in [3.05, 3.63) is 52.5 Å². The van der Waals surface area contributed by atoms with Crippen LogP contribution in [0.2, 0.25) is 10.0 Å². The number of esters is 1. The Bertz CT molecular complexity index is 872. The number of benzene rings is 2. The molecule has 0 saturated carbocycles. The molecule has 0 radical (unpaired) electrons. The van der Waals surface area contributed by atoms with Crippen LogP contribution < -0.4 is 15.4 Å². The van der Waals surface area contributed by atoms with Crippen LogP contribution in [-0.4, -0.2) is 31.0 Å². The molecule has 0 aliphatic carbocycles. The number of nitrogens with one attached hydrogen (secondary N) is 2. The summed E-state index contributed by atoms with van der Waals surface area (Å²) in [7, 11) is 0. The molecule has 0 aliphatic rings. The van der Waals surface area contributed by atoms with Crippen LogP contribution in [0.5, 0.6) is 5.75 Å². The van der Waals surface area contributed by atoms with Gasteiger partial charge >= 0.3 is 5.97 Å². The number of halogens is 2. The highest BCUT2D eigenvalue weighted by molar-refractivity contribution is 6.35. The Labute approximate surface area is 178 Å². The summed E-state index contributed by atoms with van der Waals surface area (Å²) in [6.45, 7) is 1.97. The van der Waals surface area contributed by atoms with Gasteiger partial charge in [-0.1, -0.05) is 23.2 Å². The Kier molecular flexibility index (Phi) is 8.76. The van der Waals surface area contributed by atoms with Gasteiger partial charge in [0.2, 0.25) is 5.91 Å². The quantitative estimate of drug-likeness (QED) is 0.569. The highest BCUT2D eigenvalue weighted by Crippen LogP contribution is 2.25. The Morgan fingerprint density at radius 3 is 2.34 bits per heavy atom. The average Bonchev–Trinajstić information content (AvgIpc) is 2.69. The molecule has 0 heterocycles. The predicted octanol–water partition coefficient (Wildman–Crippen LogP) is 4.29. The second kappa shape index (κ2) is 11.3. The summed E-state index contributed by atoms with van der Waals surface area (Å²) in [4.78, 5) is 35.5. The summed E-state index contributed by atoms with van der Waals surface area (Å²) in [5.41, 5.74) is 0.902. The zero-order valence-electron chi connectivity index (χ0n) is 15.7. The molecule has 2 amide bonds. The topological polar surface area (TPSA) is 93.7 Å². The molecule has 0 aromatic heterocycles. The van der Waals surface area contributed by atoms with Crippen molar-refractivity contribution in [2.45, 2.75) is 19.8 Å². The average molecular weight is 439 g/mol. The summed E-state index contributed by atoms with van der Waals surface area (Å²) in [5, 5.41) is 5.91. The van der Waals surface area contributed by atoms with Crippen LogP contribution in [0.4, 0.5) is 11.4 Å². The minimum absolute atomic E-state index is 0.123. The molecule has 0 fully saturated rings. The van der Waals surface area contributed by atoms with Crippen molar-refractivity contribution < 1.29 is 23.9 Å². The number of hydrogen-bond donors (Lipinski definition) is 2. The minimum atomic E-state index is -0.667. The lowest BCUT2D eigenvalue weighted by Crippen LogP contribution is -2.21. The summed E-state index contributed by atoms with van der Waals surface area (Å²) in [5.74, 6) is -0.893. The molecule has 0 unspecified atom stereocenters. The number of carbonyl (C=O) groups excluding carboxylic acids is 3. The van der Waals surface area contributed by atoms with Gasteiger partial charge < -0.3 is 20.1 Å². The highest BCUT2D eigenvalue weighted by Gasteiger charge is 2.12. The van der Waals surface area contributed by atoms with Crippen molar-refractivity contribution in [2.75, 3.05) is 23.8 Å². The van der Waals surface area contributed by atoms with Crippen LogP contribution in [0.1, 0.15) is 19.8 Å². The first-order chi connectivity index (χ1) is 13.9. The molecule has 0 aliphatic heterocycles. The van der Waals surface area contributed by atoms with Crippen LogP contribution in [0.15, 0.2) is 42.5 Å². The summed E-state index contributed by atoms with van der Waals surface area (Å²) in [6, 6.07) is 11.4. The van der Waals surface area contributed by atoms with Crippen molar-refractivity contribution in [3.63, 3.8) is 0 Å². The zero-order valence-corrected chi connectivity index (χ0v) is 17.2. The fraction of sp³-hybridized carbons (Fsp3) is 0.250. The van der Waals surface area contributed by atoms with Crippen LogP contribution in [0, 0.1) is 0 Å². The van der Waals surface area contributed by atoms with Gasteiger partial charge in [-0.2, -0.15) is 0 Å². The number of rotatable bonds is 9. The molecule has 7 nitrogen and oxygen atoms in total. The van der Waals surface area contributed by atoms with Crippen LogP contribution in [0.3, 0.4) is 0 Å². The van der Waals surface area contributed by atoms with E-state index in [0.29, 0.717) is 33.8 Å². The molecule has 0 bridgehead atoms. The minimum Gasteiger partial charge on any atom is -0.494 e. The van der Waals surface area contributed by atoms with Crippen LogP contribution in [-0.2, 0) is 19.1 Å². The fourth-order valence-corrected chi connectivity index (χ4v) is 2.57. The molecule has 2 aromatic carbocycles. The fourth-order valence-electron chi connectivity index (χ4n) is 2.24. The van der Waals surface area contributed by atoms with Crippen molar-refractivity contribution in [2.24, 2.45) is 0 Å². The van der Waals surface area contributed by atoms with E-state index >= 15 is 0 Å². The third-order valence-corrected chi connectivity index (χ3v) is 4.14. The monoisotopic (exact) mass is 438 g/mol. The molecule has 2 N–H and O–H groups in total. The van der Waals surface area contributed by atoms with E-state index in [-0.39, 0.29) is 12.8 Å². The van der Waals surface area contributed by atoms with E-state index in [9.17, 15) is 14.4 Å². The van der Waals surface area contributed by atoms with Gasteiger partial charge in [0.15, 0.2) is 6.61 Å². The van der Waals surface area contributed by atoms with E-state index in [4.69, 9.17) is 32.7 Å². The third kappa shape index (κ3) is 8.01. The third-order valence-electron chi connectivity index (χ3n) is 3.57. The van der Waals surface area contributed by atoms with E-state index in [1.54, 1.807) is 36.4 Å². The summed E-state index contributed by atoms with van der Waals surface area (Å²) < 4.78 is 10.2. The Morgan fingerprint density at radius 1 is 0.931 bits per heavy atom. The molecule has 0 saturated heterocycles. The lowest BCUT2D eigenvalue weighted by Gasteiger charge is -2.09. The van der Waals surface area contributed by atoms with E-state index in [1.165, 1.54) is 6.07 Å². The maximum absolute atomic E-state index is 11.9. The molecule has 0 atom stereocenters. The van der Waals surface area contributed by atoms with Crippen molar-refractivity contribution in [1.82, 2.24) is 0 Å². The first-order valence-corrected chi connectivity index (χ1v) is 9.56. The molecule has 154 valence electrons. The van der Waals surface area contributed by atoms with Gasteiger partial charge in [-0.25, -0.2) is 0 Å². The number of ether oxygens (including phenoxy) is 2. The Hall–Kier alpha value is -2.77. The summed E-state index contributed by atoms with van der Waals surface area (Å²) in [6.07, 6.45) is -0.303. The Balaban J connectivity index is 1.70. The van der Waals surface area contributed by atoms with Gasteiger partial charge in [0.25, 0.3) is 5.91 Å². The molecule has 0 spiro atoms. The van der Waals surface area contributed by atoms with Gasteiger partial charge in [-0.05, 0) is 49.4 Å². The van der Waals surface area contributed by atoms with Gasteiger partial charge in [0, 0.05) is 17.1 Å². The first-order valence-electron chi connectivity index (χ1n) is 8.80.